The Morgan fingerprint density at radius 3 is 2.11 bits per heavy atom. The Kier molecular flexibility index (Phi) is 7.31. The average molecular weight is 645 g/mol. The summed E-state index contributed by atoms with van der Waals surface area (Å²) in [6.07, 6.45) is -5.92. The minimum Gasteiger partial charge on any atom is -0.369 e. The lowest BCUT2D eigenvalue weighted by Gasteiger charge is -2.41. The molecule has 2 heterocycles. The minimum absolute atomic E-state index is 0.115. The number of anilines is 3. The number of carbonyl (C=O) groups is 1. The molecular weight excluding hydrogens is 614 g/mol. The molecule has 3 aliphatic rings. The van der Waals surface area contributed by atoms with Gasteiger partial charge in [-0.3, -0.25) is 9.69 Å². The van der Waals surface area contributed by atoms with E-state index in [2.05, 4.69) is 20.3 Å². The number of fused-ring (bicyclic) bond motifs is 2. The summed E-state index contributed by atoms with van der Waals surface area (Å²) in [6.45, 7) is 3.07. The Morgan fingerprint density at radius 1 is 0.848 bits per heavy atom. The van der Waals surface area contributed by atoms with Crippen molar-refractivity contribution in [3.63, 3.8) is 0 Å². The lowest BCUT2D eigenvalue weighted by atomic mass is 9.86. The molecule has 1 aromatic heterocycles. The quantitative estimate of drug-likeness (QED) is 0.191. The molecule has 2 aliphatic carbocycles. The van der Waals surface area contributed by atoms with Gasteiger partial charge in [-0.1, -0.05) is 60.8 Å². The summed E-state index contributed by atoms with van der Waals surface area (Å²) in [5.41, 5.74) is -3.62. The molecule has 0 radical (unpaired) electrons. The van der Waals surface area contributed by atoms with Crippen molar-refractivity contribution in [2.75, 3.05) is 36.4 Å². The summed E-state index contributed by atoms with van der Waals surface area (Å²) in [7, 11) is 0. The van der Waals surface area contributed by atoms with Crippen molar-refractivity contribution in [3.05, 3.63) is 71.3 Å². The van der Waals surface area contributed by atoms with Crippen molar-refractivity contribution >= 4 is 33.7 Å². The monoisotopic (exact) mass is 644 g/mol. The molecule has 4 aromatic rings. The fourth-order valence-electron chi connectivity index (χ4n) is 7.09. The fraction of sp³-hybridized carbons (Fsp3) is 0.394. The van der Waals surface area contributed by atoms with Crippen molar-refractivity contribution in [1.29, 1.82) is 0 Å². The third-order valence-corrected chi connectivity index (χ3v) is 9.53. The molecule has 46 heavy (non-hydrogen) atoms. The van der Waals surface area contributed by atoms with E-state index in [0.29, 0.717) is 70.4 Å². The van der Waals surface area contributed by atoms with Crippen LogP contribution in [0.3, 0.4) is 0 Å². The molecule has 7 nitrogen and oxygen atoms in total. The maximum atomic E-state index is 13.9. The second-order valence-corrected chi connectivity index (χ2v) is 12.2. The van der Waals surface area contributed by atoms with E-state index in [-0.39, 0.29) is 17.0 Å². The van der Waals surface area contributed by atoms with E-state index >= 15 is 0 Å². The number of nitrogens with zero attached hydrogens (tertiary/aromatic N) is 3. The van der Waals surface area contributed by atoms with Gasteiger partial charge in [0.25, 0.3) is 5.60 Å². The molecule has 0 bridgehead atoms. The van der Waals surface area contributed by atoms with Crippen LogP contribution >= 0.6 is 0 Å². The van der Waals surface area contributed by atoms with Crippen molar-refractivity contribution in [1.82, 2.24) is 10.1 Å². The van der Waals surface area contributed by atoms with Crippen LogP contribution in [0.25, 0.3) is 22.2 Å². The van der Waals surface area contributed by atoms with Crippen LogP contribution in [0.2, 0.25) is 0 Å². The maximum Gasteiger partial charge on any atom is 0.430 e. The summed E-state index contributed by atoms with van der Waals surface area (Å²) in [4.78, 5) is 18.6. The highest BCUT2D eigenvalue weighted by Crippen LogP contribution is 2.51. The number of rotatable bonds is 5. The molecule has 0 spiro atoms. The first kappa shape index (κ1) is 30.5. The molecule has 0 amide bonds. The second kappa shape index (κ2) is 11.0. The SMILES string of the molecule is O=C1c2ccccc2-c2onc3c(N4CCN(C5CCCCC5)CC4)cc(Nc4ccc(C(O)(C(F)(F)F)C(F)(F)F)cc4)c1c23. The van der Waals surface area contributed by atoms with Gasteiger partial charge < -0.3 is 19.8 Å². The smallest absolute Gasteiger partial charge is 0.369 e. The second-order valence-electron chi connectivity index (χ2n) is 12.2. The molecule has 0 atom stereocenters. The number of nitrogens with one attached hydrogen (secondary N) is 1. The van der Waals surface area contributed by atoms with Gasteiger partial charge >= 0.3 is 12.4 Å². The highest BCUT2D eigenvalue weighted by atomic mass is 19.4. The molecule has 2 fully saturated rings. The topological polar surface area (TPSA) is 81.8 Å². The van der Waals surface area contributed by atoms with E-state index in [1.807, 2.05) is 0 Å². The first-order valence-electron chi connectivity index (χ1n) is 15.2. The zero-order chi connectivity index (χ0) is 32.4. The summed E-state index contributed by atoms with van der Waals surface area (Å²) >= 11 is 0. The van der Waals surface area contributed by atoms with E-state index in [1.54, 1.807) is 30.3 Å². The summed E-state index contributed by atoms with van der Waals surface area (Å²) in [6, 6.07) is 12.4. The molecule has 242 valence electrons. The predicted octanol–water partition coefficient (Wildman–Crippen LogP) is 7.55. The van der Waals surface area contributed by atoms with Crippen LogP contribution in [0.5, 0.6) is 0 Å². The largest absolute Gasteiger partial charge is 0.430 e. The Hall–Kier alpha value is -4.10. The van der Waals surface area contributed by atoms with Crippen LogP contribution < -0.4 is 10.2 Å². The zero-order valence-electron chi connectivity index (χ0n) is 24.5. The van der Waals surface area contributed by atoms with Crippen LogP contribution in [0.15, 0.2) is 59.1 Å². The number of piperazine rings is 1. The van der Waals surface area contributed by atoms with Crippen molar-refractivity contribution in [2.24, 2.45) is 0 Å². The number of ketones is 1. The van der Waals surface area contributed by atoms with Gasteiger partial charge in [0.1, 0.15) is 5.52 Å². The van der Waals surface area contributed by atoms with Crippen molar-refractivity contribution < 1.29 is 40.8 Å². The molecule has 1 aliphatic heterocycles. The Bertz CT molecular complexity index is 1770. The molecule has 0 unspecified atom stereocenters. The van der Waals surface area contributed by atoms with E-state index in [1.165, 1.54) is 32.1 Å². The minimum atomic E-state index is -6.00. The van der Waals surface area contributed by atoms with Gasteiger partial charge in [-0.15, -0.1) is 0 Å². The van der Waals surface area contributed by atoms with Crippen LogP contribution in [0, 0.1) is 0 Å². The van der Waals surface area contributed by atoms with E-state index in [9.17, 15) is 36.2 Å². The summed E-state index contributed by atoms with van der Waals surface area (Å²) < 4.78 is 86.6. The van der Waals surface area contributed by atoms with Crippen LogP contribution in [0.1, 0.15) is 53.6 Å². The predicted molar refractivity (Wildman–Crippen MR) is 159 cm³/mol. The van der Waals surface area contributed by atoms with Gasteiger partial charge in [0.2, 0.25) is 0 Å². The number of aromatic nitrogens is 1. The number of benzene rings is 3. The average Bonchev–Trinajstić information content (AvgIpc) is 3.49. The van der Waals surface area contributed by atoms with Crippen LogP contribution in [-0.4, -0.2) is 65.5 Å². The van der Waals surface area contributed by atoms with Crippen molar-refractivity contribution in [3.8, 4) is 11.3 Å². The number of carbonyl (C=O) groups excluding carboxylic acids is 1. The summed E-state index contributed by atoms with van der Waals surface area (Å²) in [5, 5.41) is 17.7. The molecule has 7 rings (SSSR count). The molecule has 1 saturated heterocycles. The normalized spacial score (nSPS) is 18.2. The van der Waals surface area contributed by atoms with E-state index in [0.717, 1.165) is 25.2 Å². The van der Waals surface area contributed by atoms with E-state index in [4.69, 9.17) is 4.52 Å². The summed E-state index contributed by atoms with van der Waals surface area (Å²) in [5.74, 6) is 0.0781. The van der Waals surface area contributed by atoms with Gasteiger partial charge in [0.05, 0.1) is 22.3 Å². The molecule has 13 heteroatoms. The van der Waals surface area contributed by atoms with Crippen molar-refractivity contribution in [2.45, 2.75) is 56.1 Å². The lowest BCUT2D eigenvalue weighted by molar-refractivity contribution is -0.376. The fourth-order valence-corrected chi connectivity index (χ4v) is 7.09. The highest BCUT2D eigenvalue weighted by molar-refractivity contribution is 6.28. The third-order valence-electron chi connectivity index (χ3n) is 9.53. The number of alkyl halides is 6. The molecule has 1 saturated carbocycles. The van der Waals surface area contributed by atoms with Gasteiger partial charge in [0.15, 0.2) is 11.5 Å². The van der Waals surface area contributed by atoms with E-state index < -0.39 is 23.5 Å². The highest BCUT2D eigenvalue weighted by Gasteiger charge is 2.71. The van der Waals surface area contributed by atoms with Crippen LogP contribution in [-0.2, 0) is 5.60 Å². The first-order chi connectivity index (χ1) is 21.9. The first-order valence-corrected chi connectivity index (χ1v) is 15.2. The van der Waals surface area contributed by atoms with Gasteiger partial charge in [-0.2, -0.15) is 26.3 Å². The third kappa shape index (κ3) is 4.82. The van der Waals surface area contributed by atoms with Gasteiger partial charge in [-0.25, -0.2) is 0 Å². The molecular formula is C33H30F6N4O3. The number of hydrogen-bond donors (Lipinski definition) is 2. The van der Waals surface area contributed by atoms with Crippen LogP contribution in [0.4, 0.5) is 43.4 Å². The Morgan fingerprint density at radius 2 is 1.48 bits per heavy atom. The number of hydrogen-bond acceptors (Lipinski definition) is 7. The number of aliphatic hydroxyl groups is 1. The Labute approximate surface area is 259 Å². The molecule has 2 N–H and O–H groups in total. The maximum absolute atomic E-state index is 13.9. The number of halogens is 6. The molecule has 3 aromatic carbocycles. The zero-order valence-corrected chi connectivity index (χ0v) is 24.5. The Balaban J connectivity index is 1.28. The van der Waals surface area contributed by atoms with Gasteiger partial charge in [-0.05, 0) is 31.0 Å². The standard InChI is InChI=1S/C33H30F6N4O3/c34-32(35,36)31(45,33(37,38)39)19-10-12-20(13-11-19)40-24-18-25(43-16-14-42(15-17-43)21-6-2-1-3-7-21)28-27-26(24)29(44)22-8-4-5-9-23(22)30(27)46-41-28/h4-5,8-13,18,21,40,45H,1-3,6-7,14-17H2. The lowest BCUT2D eigenvalue weighted by Crippen LogP contribution is -2.53. The van der Waals surface area contributed by atoms with Gasteiger partial charge in [0, 0.05) is 54.6 Å².